The number of thioether (sulfide) groups is 1. The number of hydrogen-bond donors (Lipinski definition) is 2. The predicted octanol–water partition coefficient (Wildman–Crippen LogP) is 3.09. The number of nitrogens with one attached hydrogen (secondary N) is 2. The van der Waals surface area contributed by atoms with Gasteiger partial charge in [-0.05, 0) is 17.7 Å². The van der Waals surface area contributed by atoms with Crippen LogP contribution < -0.4 is 20.1 Å². The van der Waals surface area contributed by atoms with Gasteiger partial charge in [-0.2, -0.15) is 0 Å². The van der Waals surface area contributed by atoms with Gasteiger partial charge in [0.25, 0.3) is 11.1 Å². The van der Waals surface area contributed by atoms with Crippen molar-refractivity contribution in [1.29, 1.82) is 0 Å². The van der Waals surface area contributed by atoms with Crippen LogP contribution >= 0.6 is 11.8 Å². The number of nitrogens with zero attached hydrogens (tertiary/aromatic N) is 2. The van der Waals surface area contributed by atoms with Crippen molar-refractivity contribution in [3.63, 3.8) is 0 Å². The average Bonchev–Trinajstić information content (AvgIpc) is 3.27. The second-order valence-corrected chi connectivity index (χ2v) is 7.63. The van der Waals surface area contributed by atoms with Gasteiger partial charge in [-0.25, -0.2) is 4.79 Å². The minimum Gasteiger partial charge on any atom is -0.485 e. The van der Waals surface area contributed by atoms with Gasteiger partial charge in [-0.15, -0.1) is 10.2 Å². The summed E-state index contributed by atoms with van der Waals surface area (Å²) in [5.74, 6) is 1.59. The van der Waals surface area contributed by atoms with Crippen molar-refractivity contribution in [3.05, 3.63) is 66.1 Å². The molecule has 0 spiro atoms. The molecule has 1 unspecified atom stereocenters. The summed E-state index contributed by atoms with van der Waals surface area (Å²) in [6.45, 7) is 0.612. The Kier molecular flexibility index (Phi) is 6.68. The van der Waals surface area contributed by atoms with Crippen molar-refractivity contribution in [3.8, 4) is 11.5 Å². The van der Waals surface area contributed by atoms with Crippen LogP contribution in [0.4, 0.5) is 4.79 Å². The summed E-state index contributed by atoms with van der Waals surface area (Å²) in [5.41, 5.74) is 0.948. The molecule has 2 N–H and O–H groups in total. The Morgan fingerprint density at radius 3 is 2.65 bits per heavy atom. The lowest BCUT2D eigenvalue weighted by Gasteiger charge is -2.23. The van der Waals surface area contributed by atoms with Crippen LogP contribution in [0.25, 0.3) is 0 Å². The van der Waals surface area contributed by atoms with Gasteiger partial charge in [0.15, 0.2) is 11.5 Å². The lowest BCUT2D eigenvalue weighted by Crippen LogP contribution is -2.39. The number of hydrogen-bond acceptors (Lipinski definition) is 8. The number of benzene rings is 2. The van der Waals surface area contributed by atoms with Gasteiger partial charge in [-0.1, -0.05) is 54.2 Å². The highest BCUT2D eigenvalue weighted by molar-refractivity contribution is 7.99. The number of imide groups is 1. The van der Waals surface area contributed by atoms with E-state index in [0.717, 1.165) is 5.56 Å². The van der Waals surface area contributed by atoms with Crippen molar-refractivity contribution < 1.29 is 23.5 Å². The second-order valence-electron chi connectivity index (χ2n) is 6.59. The number of urea groups is 1. The molecule has 3 amide bonds. The average molecular weight is 440 g/mol. The normalized spacial score (nSPS) is 14.6. The second kappa shape index (κ2) is 9.98. The number of amides is 3. The van der Waals surface area contributed by atoms with Gasteiger partial charge in [-0.3, -0.25) is 10.1 Å². The molecule has 9 nitrogen and oxygen atoms in total. The maximum absolute atomic E-state index is 11.9. The number of para-hydroxylation sites is 2. The lowest BCUT2D eigenvalue weighted by molar-refractivity contribution is -0.119. The third kappa shape index (κ3) is 5.76. The summed E-state index contributed by atoms with van der Waals surface area (Å²) in [6, 6.07) is 16.3. The monoisotopic (exact) mass is 440 g/mol. The van der Waals surface area contributed by atoms with Crippen LogP contribution in [0.15, 0.2) is 64.2 Å². The van der Waals surface area contributed by atoms with Gasteiger partial charge in [0.1, 0.15) is 6.61 Å². The fraction of sp³-hybridized carbons (Fsp3) is 0.238. The summed E-state index contributed by atoms with van der Waals surface area (Å²) in [4.78, 5) is 23.7. The van der Waals surface area contributed by atoms with E-state index in [-0.39, 0.29) is 13.0 Å². The standard InChI is InChI=1S/C21H20N4O5S/c26-18(23-20(27)22-12-14-6-2-1-3-7-14)10-11-31-21-25-24-19(30-21)17-13-28-15-8-4-5-9-16(15)29-17/h1-9,17H,10-13H2,(H2,22,23,26,27). The zero-order valence-electron chi connectivity index (χ0n) is 16.4. The highest BCUT2D eigenvalue weighted by atomic mass is 32.2. The molecule has 1 aromatic heterocycles. The number of ether oxygens (including phenoxy) is 2. The van der Waals surface area contributed by atoms with E-state index in [2.05, 4.69) is 20.8 Å². The van der Waals surface area contributed by atoms with Gasteiger partial charge in [0, 0.05) is 18.7 Å². The molecule has 2 heterocycles. The van der Waals surface area contributed by atoms with E-state index < -0.39 is 18.0 Å². The van der Waals surface area contributed by atoms with E-state index in [4.69, 9.17) is 13.9 Å². The summed E-state index contributed by atoms with van der Waals surface area (Å²) in [5, 5.41) is 13.2. The van der Waals surface area contributed by atoms with E-state index in [1.165, 1.54) is 11.8 Å². The molecule has 0 fully saturated rings. The van der Waals surface area contributed by atoms with Crippen LogP contribution in [0, 0.1) is 0 Å². The first kappa shape index (κ1) is 20.7. The number of carbonyl (C=O) groups excluding carboxylic acids is 2. The van der Waals surface area contributed by atoms with Crippen molar-refractivity contribution >= 4 is 23.7 Å². The Hall–Kier alpha value is -3.53. The van der Waals surface area contributed by atoms with E-state index in [1.54, 1.807) is 0 Å². The van der Waals surface area contributed by atoms with Crippen molar-refractivity contribution in [2.45, 2.75) is 24.3 Å². The van der Waals surface area contributed by atoms with E-state index >= 15 is 0 Å². The van der Waals surface area contributed by atoms with Gasteiger partial charge in [0.05, 0.1) is 0 Å². The Bertz CT molecular complexity index is 1040. The van der Waals surface area contributed by atoms with E-state index in [9.17, 15) is 9.59 Å². The molecule has 2 aromatic carbocycles. The maximum Gasteiger partial charge on any atom is 0.321 e. The topological polar surface area (TPSA) is 116 Å². The first-order chi connectivity index (χ1) is 15.2. The maximum atomic E-state index is 11.9. The van der Waals surface area contributed by atoms with Gasteiger partial charge in [0.2, 0.25) is 12.0 Å². The smallest absolute Gasteiger partial charge is 0.321 e. The summed E-state index contributed by atoms with van der Waals surface area (Å²) < 4.78 is 17.1. The fourth-order valence-electron chi connectivity index (χ4n) is 2.79. The summed E-state index contributed by atoms with van der Waals surface area (Å²) in [6.07, 6.45) is -0.370. The van der Waals surface area contributed by atoms with E-state index in [1.807, 2.05) is 54.6 Å². The Balaban J connectivity index is 1.18. The third-order valence-electron chi connectivity index (χ3n) is 4.31. The number of fused-ring (bicyclic) bond motifs is 1. The predicted molar refractivity (Wildman–Crippen MR) is 112 cm³/mol. The van der Waals surface area contributed by atoms with Crippen LogP contribution in [0.3, 0.4) is 0 Å². The third-order valence-corrected chi connectivity index (χ3v) is 5.13. The molecule has 1 atom stereocenters. The molecular formula is C21H20N4O5S. The van der Waals surface area contributed by atoms with Crippen LogP contribution in [-0.2, 0) is 11.3 Å². The molecule has 1 aliphatic rings. The van der Waals surface area contributed by atoms with E-state index in [0.29, 0.717) is 34.9 Å². The zero-order chi connectivity index (χ0) is 21.5. The molecular weight excluding hydrogens is 420 g/mol. The number of aromatic nitrogens is 2. The Morgan fingerprint density at radius 2 is 1.81 bits per heavy atom. The van der Waals surface area contributed by atoms with Crippen LogP contribution in [0.5, 0.6) is 11.5 Å². The van der Waals surface area contributed by atoms with Gasteiger partial charge < -0.3 is 19.2 Å². The highest BCUT2D eigenvalue weighted by Crippen LogP contribution is 2.35. The molecule has 0 radical (unpaired) electrons. The molecule has 4 rings (SSSR count). The van der Waals surface area contributed by atoms with Crippen LogP contribution in [-0.4, -0.2) is 34.5 Å². The minimum atomic E-state index is -0.534. The first-order valence-electron chi connectivity index (χ1n) is 9.63. The number of rotatable bonds is 7. The largest absolute Gasteiger partial charge is 0.485 e. The van der Waals surface area contributed by atoms with Crippen molar-refractivity contribution in [2.75, 3.05) is 12.4 Å². The van der Waals surface area contributed by atoms with Gasteiger partial charge >= 0.3 is 6.03 Å². The quantitative estimate of drug-likeness (QED) is 0.539. The molecule has 160 valence electrons. The molecule has 0 saturated carbocycles. The number of carbonyl (C=O) groups is 2. The summed E-state index contributed by atoms with van der Waals surface area (Å²) >= 11 is 1.23. The molecule has 3 aromatic rings. The minimum absolute atomic E-state index is 0.123. The highest BCUT2D eigenvalue weighted by Gasteiger charge is 2.27. The molecule has 10 heteroatoms. The molecule has 1 aliphatic heterocycles. The molecule has 31 heavy (non-hydrogen) atoms. The summed E-state index contributed by atoms with van der Waals surface area (Å²) in [7, 11) is 0. The van der Waals surface area contributed by atoms with Crippen LogP contribution in [0.1, 0.15) is 24.0 Å². The lowest BCUT2D eigenvalue weighted by atomic mass is 10.2. The van der Waals surface area contributed by atoms with Crippen molar-refractivity contribution in [1.82, 2.24) is 20.8 Å². The van der Waals surface area contributed by atoms with Crippen LogP contribution in [0.2, 0.25) is 0 Å². The SMILES string of the molecule is O=C(CCSc1nnc(C2COc3ccccc3O2)o1)NC(=O)NCc1ccccc1. The Morgan fingerprint density at radius 1 is 1.03 bits per heavy atom. The molecule has 0 bridgehead atoms. The molecule has 0 aliphatic carbocycles. The Labute approximate surface area is 182 Å². The first-order valence-corrected chi connectivity index (χ1v) is 10.6. The zero-order valence-corrected chi connectivity index (χ0v) is 17.3. The molecule has 0 saturated heterocycles. The fourth-order valence-corrected chi connectivity index (χ4v) is 3.50. The van der Waals surface area contributed by atoms with Crippen molar-refractivity contribution in [2.24, 2.45) is 0 Å².